The zero-order valence-electron chi connectivity index (χ0n) is 12.1. The van der Waals surface area contributed by atoms with E-state index in [4.69, 9.17) is 0 Å². The summed E-state index contributed by atoms with van der Waals surface area (Å²) in [6.07, 6.45) is 8.02. The van der Waals surface area contributed by atoms with Gasteiger partial charge < -0.3 is 0 Å². The molecule has 0 saturated heterocycles. The molecule has 0 saturated carbocycles. The molecule has 20 heavy (non-hydrogen) atoms. The molecule has 1 aromatic rings. The van der Waals surface area contributed by atoms with Crippen LogP contribution in [-0.4, -0.2) is 15.0 Å². The highest BCUT2D eigenvalue weighted by Gasteiger charge is 2.12. The van der Waals surface area contributed by atoms with Crippen molar-refractivity contribution in [1.29, 1.82) is 0 Å². The first kappa shape index (κ1) is 17.1. The van der Waals surface area contributed by atoms with Crippen molar-refractivity contribution in [1.82, 2.24) is 4.72 Å². The van der Waals surface area contributed by atoms with Gasteiger partial charge in [0.15, 0.2) is 0 Å². The predicted molar refractivity (Wildman–Crippen MR) is 79.6 cm³/mol. The Morgan fingerprint density at radius 1 is 0.950 bits per heavy atom. The van der Waals surface area contributed by atoms with Gasteiger partial charge in [0.05, 0.1) is 4.90 Å². The third-order valence-corrected chi connectivity index (χ3v) is 4.67. The zero-order chi connectivity index (χ0) is 14.8. The molecular weight excluding hydrogens is 277 g/mol. The molecule has 0 fully saturated rings. The van der Waals surface area contributed by atoms with Crippen molar-refractivity contribution in [3.05, 3.63) is 30.1 Å². The first-order valence-corrected chi connectivity index (χ1v) is 8.80. The summed E-state index contributed by atoms with van der Waals surface area (Å²) in [4.78, 5) is 0.113. The van der Waals surface area contributed by atoms with Crippen LogP contribution >= 0.6 is 0 Å². The van der Waals surface area contributed by atoms with Crippen LogP contribution in [0.2, 0.25) is 0 Å². The number of rotatable bonds is 10. The van der Waals surface area contributed by atoms with E-state index in [0.717, 1.165) is 31.4 Å². The topological polar surface area (TPSA) is 46.2 Å². The van der Waals surface area contributed by atoms with E-state index in [9.17, 15) is 12.8 Å². The number of halogens is 1. The summed E-state index contributed by atoms with van der Waals surface area (Å²) in [5.74, 6) is -0.434. The van der Waals surface area contributed by atoms with Gasteiger partial charge in [0.25, 0.3) is 0 Å². The Morgan fingerprint density at radius 3 is 2.10 bits per heavy atom. The van der Waals surface area contributed by atoms with Crippen LogP contribution in [0.3, 0.4) is 0 Å². The third kappa shape index (κ3) is 6.48. The average molecular weight is 301 g/mol. The Morgan fingerprint density at radius 2 is 1.50 bits per heavy atom. The van der Waals surface area contributed by atoms with Gasteiger partial charge >= 0.3 is 0 Å². The van der Waals surface area contributed by atoms with Crippen molar-refractivity contribution in [3.63, 3.8) is 0 Å². The number of hydrogen-bond donors (Lipinski definition) is 1. The van der Waals surface area contributed by atoms with Gasteiger partial charge in [-0.05, 0) is 30.7 Å². The lowest BCUT2D eigenvalue weighted by atomic mass is 10.1. The molecule has 0 amide bonds. The van der Waals surface area contributed by atoms with Crippen LogP contribution in [0, 0.1) is 5.82 Å². The molecule has 0 aliphatic heterocycles. The Balaban J connectivity index is 2.22. The van der Waals surface area contributed by atoms with Gasteiger partial charge in [-0.3, -0.25) is 0 Å². The van der Waals surface area contributed by atoms with Crippen LogP contribution in [0.1, 0.15) is 51.9 Å². The van der Waals surface area contributed by atoms with Crippen molar-refractivity contribution in [2.75, 3.05) is 6.54 Å². The highest BCUT2D eigenvalue weighted by molar-refractivity contribution is 7.89. The number of nitrogens with one attached hydrogen (secondary N) is 1. The number of benzene rings is 1. The first-order chi connectivity index (χ1) is 9.56. The molecule has 5 heteroatoms. The van der Waals surface area contributed by atoms with E-state index in [1.165, 1.54) is 37.8 Å². The number of unbranched alkanes of at least 4 members (excludes halogenated alkanes) is 6. The fourth-order valence-corrected chi connectivity index (χ4v) is 3.06. The lowest BCUT2D eigenvalue weighted by Gasteiger charge is -2.06. The lowest BCUT2D eigenvalue weighted by molar-refractivity contribution is 0.563. The summed E-state index contributed by atoms with van der Waals surface area (Å²) in [7, 11) is -3.50. The molecule has 0 aromatic heterocycles. The fraction of sp³-hybridized carbons (Fsp3) is 0.600. The second-order valence-corrected chi connectivity index (χ2v) is 6.74. The third-order valence-electron chi connectivity index (χ3n) is 3.20. The van der Waals surface area contributed by atoms with E-state index >= 15 is 0 Å². The second-order valence-electron chi connectivity index (χ2n) is 4.97. The minimum Gasteiger partial charge on any atom is -0.211 e. The second kappa shape index (κ2) is 9.08. The maximum atomic E-state index is 12.7. The zero-order valence-corrected chi connectivity index (χ0v) is 12.9. The van der Waals surface area contributed by atoms with Crippen molar-refractivity contribution in [2.45, 2.75) is 56.8 Å². The molecule has 1 rings (SSSR count). The summed E-state index contributed by atoms with van der Waals surface area (Å²) >= 11 is 0. The minimum absolute atomic E-state index is 0.113. The molecule has 0 radical (unpaired) electrons. The van der Waals surface area contributed by atoms with Gasteiger partial charge in [-0.1, -0.05) is 45.4 Å². The molecule has 0 aliphatic carbocycles. The Labute approximate surface area is 121 Å². The highest BCUT2D eigenvalue weighted by atomic mass is 32.2. The molecule has 0 spiro atoms. The van der Waals surface area contributed by atoms with Gasteiger partial charge in [0, 0.05) is 6.54 Å². The van der Waals surface area contributed by atoms with Gasteiger partial charge in [0.1, 0.15) is 5.82 Å². The molecule has 1 aromatic carbocycles. The molecule has 1 N–H and O–H groups in total. The molecule has 114 valence electrons. The Hall–Kier alpha value is -0.940. The maximum absolute atomic E-state index is 12.7. The van der Waals surface area contributed by atoms with Gasteiger partial charge in [-0.15, -0.1) is 0 Å². The molecule has 0 atom stereocenters. The summed E-state index contributed by atoms with van der Waals surface area (Å²) < 4.78 is 39.1. The van der Waals surface area contributed by atoms with Crippen LogP contribution in [0.25, 0.3) is 0 Å². The Kier molecular flexibility index (Phi) is 7.77. The van der Waals surface area contributed by atoms with Crippen molar-refractivity contribution in [3.8, 4) is 0 Å². The lowest BCUT2D eigenvalue weighted by Crippen LogP contribution is -2.24. The first-order valence-electron chi connectivity index (χ1n) is 7.31. The van der Waals surface area contributed by atoms with Gasteiger partial charge in [-0.2, -0.15) is 0 Å². The van der Waals surface area contributed by atoms with E-state index in [1.54, 1.807) is 0 Å². The molecule has 3 nitrogen and oxygen atoms in total. The normalized spacial score (nSPS) is 11.7. The summed E-state index contributed by atoms with van der Waals surface area (Å²) in [5.41, 5.74) is 0. The van der Waals surface area contributed by atoms with Crippen LogP contribution < -0.4 is 4.72 Å². The standard InChI is InChI=1S/C15H24FNO2S/c1-2-3-4-5-6-7-8-13-17-20(18,19)15-11-9-14(16)10-12-15/h9-12,17H,2-8,13H2,1H3. The van der Waals surface area contributed by atoms with E-state index in [1.807, 2.05) is 0 Å². The van der Waals surface area contributed by atoms with E-state index in [-0.39, 0.29) is 4.90 Å². The fourth-order valence-electron chi connectivity index (χ4n) is 1.99. The molecule has 0 bridgehead atoms. The average Bonchev–Trinajstić information content (AvgIpc) is 2.42. The molecule has 0 aliphatic rings. The van der Waals surface area contributed by atoms with Crippen LogP contribution in [0.15, 0.2) is 29.2 Å². The SMILES string of the molecule is CCCCCCCCCNS(=O)(=O)c1ccc(F)cc1. The van der Waals surface area contributed by atoms with E-state index in [0.29, 0.717) is 6.54 Å². The summed E-state index contributed by atoms with van der Waals surface area (Å²) in [6, 6.07) is 4.87. The maximum Gasteiger partial charge on any atom is 0.240 e. The summed E-state index contributed by atoms with van der Waals surface area (Å²) in [5, 5.41) is 0. The molecule has 0 unspecified atom stereocenters. The highest BCUT2D eigenvalue weighted by Crippen LogP contribution is 2.10. The molecular formula is C15H24FNO2S. The quantitative estimate of drug-likeness (QED) is 0.667. The monoisotopic (exact) mass is 301 g/mol. The van der Waals surface area contributed by atoms with Crippen LogP contribution in [0.4, 0.5) is 4.39 Å². The van der Waals surface area contributed by atoms with Gasteiger partial charge in [0.2, 0.25) is 10.0 Å². The van der Waals surface area contributed by atoms with Crippen molar-refractivity contribution >= 4 is 10.0 Å². The Bertz CT molecular complexity index is 471. The smallest absolute Gasteiger partial charge is 0.211 e. The van der Waals surface area contributed by atoms with Crippen molar-refractivity contribution in [2.24, 2.45) is 0 Å². The van der Waals surface area contributed by atoms with E-state index < -0.39 is 15.8 Å². The van der Waals surface area contributed by atoms with Crippen LogP contribution in [0.5, 0.6) is 0 Å². The van der Waals surface area contributed by atoms with E-state index in [2.05, 4.69) is 11.6 Å². The number of hydrogen-bond acceptors (Lipinski definition) is 2. The number of sulfonamides is 1. The van der Waals surface area contributed by atoms with Gasteiger partial charge in [-0.25, -0.2) is 17.5 Å². The largest absolute Gasteiger partial charge is 0.240 e. The molecule has 0 heterocycles. The minimum atomic E-state index is -3.50. The van der Waals surface area contributed by atoms with Crippen molar-refractivity contribution < 1.29 is 12.8 Å². The summed E-state index contributed by atoms with van der Waals surface area (Å²) in [6.45, 7) is 2.62. The predicted octanol–water partition coefficient (Wildman–Crippen LogP) is 3.85. The van der Waals surface area contributed by atoms with Crippen LogP contribution in [-0.2, 0) is 10.0 Å².